The third-order valence-electron chi connectivity index (χ3n) is 6.00. The van der Waals surface area contributed by atoms with E-state index in [1.807, 2.05) is 13.8 Å². The highest BCUT2D eigenvalue weighted by Crippen LogP contribution is 2.37. The molecule has 1 aromatic carbocycles. The predicted molar refractivity (Wildman–Crippen MR) is 135 cm³/mol. The molecule has 37 heavy (non-hydrogen) atoms. The third kappa shape index (κ3) is 5.13. The van der Waals surface area contributed by atoms with Crippen LogP contribution in [0, 0.1) is 0 Å². The first-order chi connectivity index (χ1) is 17.6. The Morgan fingerprint density at radius 2 is 1.92 bits per heavy atom. The van der Waals surface area contributed by atoms with Gasteiger partial charge in [0.25, 0.3) is 0 Å². The number of carboxylic acid groups (broad SMARTS) is 1. The number of rotatable bonds is 7. The molecule has 0 radical (unpaired) electrons. The topological polar surface area (TPSA) is 158 Å². The van der Waals surface area contributed by atoms with E-state index in [1.165, 1.54) is 25.6 Å². The highest BCUT2D eigenvalue weighted by Gasteiger charge is 2.23. The minimum Gasteiger partial charge on any atom is -0.464 e. The molecule has 3 heterocycles. The lowest BCUT2D eigenvalue weighted by molar-refractivity contribution is -0.127. The third-order valence-corrected chi connectivity index (χ3v) is 6.00. The Hall–Kier alpha value is -4.74. The van der Waals surface area contributed by atoms with E-state index in [4.69, 9.17) is 10.5 Å². The van der Waals surface area contributed by atoms with Crippen LogP contribution in [0.15, 0.2) is 43.0 Å². The summed E-state index contributed by atoms with van der Waals surface area (Å²) in [5.74, 6) is 0.577. The summed E-state index contributed by atoms with van der Waals surface area (Å²) in [4.78, 5) is 45.3. The van der Waals surface area contributed by atoms with E-state index < -0.39 is 12.1 Å². The zero-order valence-corrected chi connectivity index (χ0v) is 20.9. The van der Waals surface area contributed by atoms with E-state index >= 15 is 0 Å². The first-order valence-corrected chi connectivity index (χ1v) is 11.5. The van der Waals surface area contributed by atoms with Gasteiger partial charge in [-0.3, -0.25) is 9.36 Å². The minimum absolute atomic E-state index is 0.0371. The number of aromatic nitrogens is 5. The van der Waals surface area contributed by atoms with Crippen molar-refractivity contribution in [3.63, 3.8) is 0 Å². The Balaban J connectivity index is 1.73. The molecular weight excluding hydrogens is 478 g/mol. The Morgan fingerprint density at radius 3 is 2.57 bits per heavy atom. The summed E-state index contributed by atoms with van der Waals surface area (Å²) in [6, 6.07) is 5.96. The van der Waals surface area contributed by atoms with Gasteiger partial charge in [0.05, 0.1) is 17.4 Å². The molecule has 0 atom stereocenters. The molecule has 3 aromatic heterocycles. The molecule has 0 aliphatic carbocycles. The van der Waals surface area contributed by atoms with Crippen molar-refractivity contribution in [1.82, 2.24) is 29.2 Å². The van der Waals surface area contributed by atoms with E-state index in [1.54, 1.807) is 36.2 Å². The van der Waals surface area contributed by atoms with Gasteiger partial charge < -0.3 is 20.5 Å². The summed E-state index contributed by atoms with van der Waals surface area (Å²) >= 11 is 0. The van der Waals surface area contributed by atoms with E-state index in [0.717, 1.165) is 9.25 Å². The fourth-order valence-corrected chi connectivity index (χ4v) is 4.07. The Kier molecular flexibility index (Phi) is 6.92. The predicted octanol–water partition coefficient (Wildman–Crippen LogP) is 3.68. The van der Waals surface area contributed by atoms with Crippen molar-refractivity contribution in [2.45, 2.75) is 33.1 Å². The quantitative estimate of drug-likeness (QED) is 0.385. The minimum atomic E-state index is -1.16. The van der Waals surface area contributed by atoms with Gasteiger partial charge in [0, 0.05) is 61.4 Å². The standard InChI is InChI=1S/C25H27N7O5/c1-14(2)23-19(11-29-32(23)24(26)34)20-12-31(25(35)36)21-6-5-17(10-18(20)21)37-22-9-16(27-13-28-22)7-8-30(4)15(3)33/h5-6,9-14H,7-8H2,1-4H3,(H2,26,34)(H,35,36). The van der Waals surface area contributed by atoms with Gasteiger partial charge in [-0.1, -0.05) is 13.8 Å². The van der Waals surface area contributed by atoms with E-state index in [2.05, 4.69) is 15.1 Å². The lowest BCUT2D eigenvalue weighted by atomic mass is 9.99. The molecule has 0 aliphatic rings. The second-order valence-electron chi connectivity index (χ2n) is 8.86. The van der Waals surface area contributed by atoms with Crippen LogP contribution in [-0.4, -0.2) is 65.9 Å². The van der Waals surface area contributed by atoms with Crippen molar-refractivity contribution in [3.05, 3.63) is 54.4 Å². The maximum atomic E-state index is 12.0. The van der Waals surface area contributed by atoms with Gasteiger partial charge in [-0.05, 0) is 24.1 Å². The van der Waals surface area contributed by atoms with Crippen LogP contribution >= 0.6 is 0 Å². The first kappa shape index (κ1) is 25.4. The molecule has 4 aromatic rings. The van der Waals surface area contributed by atoms with E-state index in [0.29, 0.717) is 58.0 Å². The number of likely N-dealkylation sites (N-methyl/N-ethyl adjacent to an activating group) is 1. The summed E-state index contributed by atoms with van der Waals surface area (Å²) < 4.78 is 8.21. The lowest BCUT2D eigenvalue weighted by Crippen LogP contribution is -2.26. The van der Waals surface area contributed by atoms with Gasteiger partial charge in [-0.25, -0.2) is 19.6 Å². The SMILES string of the molecule is CC(=O)N(C)CCc1cc(Oc2ccc3c(c2)c(-c2cnn(C(N)=O)c2C(C)C)cn3C(=O)O)ncn1. The van der Waals surface area contributed by atoms with Gasteiger partial charge in [-0.15, -0.1) is 0 Å². The van der Waals surface area contributed by atoms with Crippen molar-refractivity contribution in [2.75, 3.05) is 13.6 Å². The normalized spacial score (nSPS) is 11.2. The number of hydrogen-bond acceptors (Lipinski definition) is 7. The fourth-order valence-electron chi connectivity index (χ4n) is 4.07. The Labute approximate surface area is 212 Å². The average molecular weight is 506 g/mol. The molecule has 12 nitrogen and oxygen atoms in total. The molecule has 0 saturated carbocycles. The molecule has 4 rings (SSSR count). The second-order valence-corrected chi connectivity index (χ2v) is 8.86. The molecule has 192 valence electrons. The number of carbonyl (C=O) groups is 3. The fraction of sp³-hybridized carbons (Fsp3) is 0.280. The van der Waals surface area contributed by atoms with Gasteiger partial charge in [0.15, 0.2) is 0 Å². The van der Waals surface area contributed by atoms with Crippen molar-refractivity contribution in [1.29, 1.82) is 0 Å². The van der Waals surface area contributed by atoms with Crippen LogP contribution in [0.5, 0.6) is 11.6 Å². The van der Waals surface area contributed by atoms with Gasteiger partial charge in [0.1, 0.15) is 12.1 Å². The highest BCUT2D eigenvalue weighted by molar-refractivity contribution is 6.01. The molecule has 0 fully saturated rings. The molecule has 12 heteroatoms. The number of primary amides is 1. The van der Waals surface area contributed by atoms with Crippen LogP contribution in [-0.2, 0) is 11.2 Å². The van der Waals surface area contributed by atoms with Gasteiger partial charge in [0.2, 0.25) is 11.8 Å². The van der Waals surface area contributed by atoms with E-state index in [-0.39, 0.29) is 11.8 Å². The summed E-state index contributed by atoms with van der Waals surface area (Å²) in [7, 11) is 1.72. The summed E-state index contributed by atoms with van der Waals surface area (Å²) in [5, 5.41) is 14.5. The monoisotopic (exact) mass is 505 g/mol. The number of benzene rings is 1. The molecular formula is C25H27N7O5. The van der Waals surface area contributed by atoms with Crippen LogP contribution in [0.1, 0.15) is 38.1 Å². The molecule has 0 spiro atoms. The van der Waals surface area contributed by atoms with Crippen LogP contribution in [0.2, 0.25) is 0 Å². The maximum absolute atomic E-state index is 12.0. The van der Waals surface area contributed by atoms with Crippen LogP contribution in [0.3, 0.4) is 0 Å². The molecule has 0 unspecified atom stereocenters. The molecule has 0 aliphatic heterocycles. The number of fused-ring (bicyclic) bond motifs is 1. The number of ether oxygens (including phenoxy) is 1. The average Bonchev–Trinajstić information content (AvgIpc) is 3.44. The van der Waals surface area contributed by atoms with Crippen LogP contribution in [0.25, 0.3) is 22.0 Å². The Morgan fingerprint density at radius 1 is 1.16 bits per heavy atom. The van der Waals surface area contributed by atoms with Crippen LogP contribution < -0.4 is 10.5 Å². The van der Waals surface area contributed by atoms with Crippen molar-refractivity contribution in [2.24, 2.45) is 5.73 Å². The smallest absolute Gasteiger partial charge is 0.416 e. The summed E-state index contributed by atoms with van der Waals surface area (Å²) in [6.45, 7) is 5.79. The largest absolute Gasteiger partial charge is 0.464 e. The van der Waals surface area contributed by atoms with Crippen LogP contribution in [0.4, 0.5) is 9.59 Å². The summed E-state index contributed by atoms with van der Waals surface area (Å²) in [5.41, 5.74) is 8.36. The van der Waals surface area contributed by atoms with Crippen molar-refractivity contribution >= 4 is 28.9 Å². The number of amides is 2. The number of hydrogen-bond donors (Lipinski definition) is 2. The molecule has 2 amide bonds. The first-order valence-electron chi connectivity index (χ1n) is 11.5. The number of nitrogens with two attached hydrogens (primary N) is 1. The zero-order valence-electron chi connectivity index (χ0n) is 20.9. The van der Waals surface area contributed by atoms with Gasteiger partial charge >= 0.3 is 12.1 Å². The molecule has 0 bridgehead atoms. The van der Waals surface area contributed by atoms with E-state index in [9.17, 15) is 19.5 Å². The molecule has 0 saturated heterocycles. The maximum Gasteiger partial charge on any atom is 0.416 e. The van der Waals surface area contributed by atoms with Crippen molar-refractivity contribution in [3.8, 4) is 22.8 Å². The van der Waals surface area contributed by atoms with Gasteiger partial charge in [-0.2, -0.15) is 9.78 Å². The molecule has 3 N–H and O–H groups in total. The Bertz CT molecular complexity index is 1500. The lowest BCUT2D eigenvalue weighted by Gasteiger charge is -2.14. The highest BCUT2D eigenvalue weighted by atomic mass is 16.5. The van der Waals surface area contributed by atoms with Crippen molar-refractivity contribution < 1.29 is 24.2 Å². The zero-order chi connectivity index (χ0) is 26.9. The number of nitrogens with zero attached hydrogens (tertiary/aromatic N) is 6. The second kappa shape index (κ2) is 10.1. The summed E-state index contributed by atoms with van der Waals surface area (Å²) in [6.07, 6.45) is 3.75. The number of carbonyl (C=O) groups excluding carboxylic acids is 2.